The van der Waals surface area contributed by atoms with Crippen molar-refractivity contribution in [3.63, 3.8) is 0 Å². The summed E-state index contributed by atoms with van der Waals surface area (Å²) in [5.74, 6) is -3.38. The highest BCUT2D eigenvalue weighted by molar-refractivity contribution is 7.16. The lowest BCUT2D eigenvalue weighted by atomic mass is 10.2. The third kappa shape index (κ3) is 4.22. The predicted molar refractivity (Wildman–Crippen MR) is 97.3 cm³/mol. The summed E-state index contributed by atoms with van der Waals surface area (Å²) in [5.41, 5.74) is 0.204. The molecule has 0 unspecified atom stereocenters. The Bertz CT molecular complexity index is 816. The zero-order valence-corrected chi connectivity index (χ0v) is 15.8. The molecule has 0 aliphatic carbocycles. The molecule has 2 rings (SSSR count). The van der Waals surface area contributed by atoms with Gasteiger partial charge in [0.2, 0.25) is 5.91 Å². The Morgan fingerprint density at radius 3 is 2.48 bits per heavy atom. The molecule has 1 fully saturated rings. The number of nitrogens with one attached hydrogen (secondary N) is 1. The van der Waals surface area contributed by atoms with Crippen LogP contribution in [0, 0.1) is 0 Å². The largest absolute Gasteiger partial charge is 0.462 e. The number of carbonyl (C=O) groups excluding carboxylic acids is 5. The first kappa shape index (κ1) is 20.3. The van der Waals surface area contributed by atoms with Crippen LogP contribution < -0.4 is 5.32 Å². The van der Waals surface area contributed by atoms with E-state index in [1.165, 1.54) is 17.4 Å². The second-order valence-corrected chi connectivity index (χ2v) is 6.59. The molecule has 1 aromatic rings. The number of nitrogens with zero attached hydrogens (tertiary/aromatic N) is 2. The Labute approximate surface area is 159 Å². The number of ether oxygens (including phenoxy) is 1. The first-order valence-electron chi connectivity index (χ1n) is 8.21. The second kappa shape index (κ2) is 8.58. The van der Waals surface area contributed by atoms with Crippen molar-refractivity contribution >= 4 is 46.1 Å². The summed E-state index contributed by atoms with van der Waals surface area (Å²) in [6.45, 7) is 6.39. The van der Waals surface area contributed by atoms with E-state index in [-0.39, 0.29) is 23.7 Å². The van der Waals surface area contributed by atoms with Crippen LogP contribution in [0.3, 0.4) is 0 Å². The Hall–Kier alpha value is -3.01. The molecular weight excluding hydrogens is 374 g/mol. The standard InChI is InChI=1S/C17H19N3O6S/c1-4-7-19-14(22)15(23)20(17(19)25)9-12(21)18-13-11(16(24)26-6-3)8-10(5-2)27-13/h4,8H,1,5-7,9H2,2-3H3,(H,18,21). The van der Waals surface area contributed by atoms with Gasteiger partial charge in [-0.05, 0) is 19.4 Å². The fourth-order valence-electron chi connectivity index (χ4n) is 2.36. The van der Waals surface area contributed by atoms with Crippen molar-refractivity contribution in [1.82, 2.24) is 9.80 Å². The average molecular weight is 393 g/mol. The van der Waals surface area contributed by atoms with Gasteiger partial charge in [-0.2, -0.15) is 0 Å². The maximum Gasteiger partial charge on any atom is 0.341 e. The minimum Gasteiger partial charge on any atom is -0.462 e. The summed E-state index contributed by atoms with van der Waals surface area (Å²) in [6, 6.07) is 0.742. The smallest absolute Gasteiger partial charge is 0.341 e. The van der Waals surface area contributed by atoms with Gasteiger partial charge >= 0.3 is 23.8 Å². The van der Waals surface area contributed by atoms with Gasteiger partial charge in [-0.15, -0.1) is 17.9 Å². The zero-order chi connectivity index (χ0) is 20.1. The summed E-state index contributed by atoms with van der Waals surface area (Å²) in [7, 11) is 0. The highest BCUT2D eigenvalue weighted by atomic mass is 32.1. The van der Waals surface area contributed by atoms with Crippen LogP contribution >= 0.6 is 11.3 Å². The molecule has 1 N–H and O–H groups in total. The molecule has 1 aliphatic rings. The van der Waals surface area contributed by atoms with Crippen molar-refractivity contribution < 1.29 is 28.7 Å². The topological polar surface area (TPSA) is 113 Å². The van der Waals surface area contributed by atoms with Gasteiger partial charge in [0.1, 0.15) is 11.5 Å². The van der Waals surface area contributed by atoms with Crippen molar-refractivity contribution in [2.24, 2.45) is 0 Å². The summed E-state index contributed by atoms with van der Waals surface area (Å²) in [4.78, 5) is 62.3. The van der Waals surface area contributed by atoms with Gasteiger partial charge in [0.15, 0.2) is 0 Å². The van der Waals surface area contributed by atoms with Crippen LogP contribution in [0.15, 0.2) is 18.7 Å². The van der Waals surface area contributed by atoms with Crippen molar-refractivity contribution in [2.45, 2.75) is 20.3 Å². The number of rotatable bonds is 8. The lowest BCUT2D eigenvalue weighted by Gasteiger charge is -2.14. The van der Waals surface area contributed by atoms with E-state index in [1.807, 2.05) is 6.92 Å². The molecule has 0 spiro atoms. The van der Waals surface area contributed by atoms with E-state index in [0.29, 0.717) is 16.2 Å². The van der Waals surface area contributed by atoms with Gasteiger partial charge in [-0.25, -0.2) is 14.5 Å². The zero-order valence-electron chi connectivity index (χ0n) is 14.9. The lowest BCUT2D eigenvalue weighted by Crippen LogP contribution is -2.39. The number of esters is 1. The Balaban J connectivity index is 2.14. The van der Waals surface area contributed by atoms with Gasteiger partial charge in [0, 0.05) is 11.4 Å². The number of amides is 5. The molecule has 27 heavy (non-hydrogen) atoms. The Morgan fingerprint density at radius 2 is 1.89 bits per heavy atom. The molecule has 5 amide bonds. The molecular formula is C17H19N3O6S. The van der Waals surface area contributed by atoms with Gasteiger partial charge in [-0.3, -0.25) is 19.3 Å². The van der Waals surface area contributed by atoms with Crippen LogP contribution in [0.2, 0.25) is 0 Å². The maximum absolute atomic E-state index is 12.3. The van der Waals surface area contributed by atoms with Crippen LogP contribution in [0.1, 0.15) is 29.1 Å². The highest BCUT2D eigenvalue weighted by Gasteiger charge is 2.44. The number of imide groups is 2. The normalized spacial score (nSPS) is 13.9. The summed E-state index contributed by atoms with van der Waals surface area (Å²) >= 11 is 1.20. The van der Waals surface area contributed by atoms with Crippen molar-refractivity contribution in [3.05, 3.63) is 29.2 Å². The molecule has 0 atom stereocenters. The first-order chi connectivity index (χ1) is 12.8. The van der Waals surface area contributed by atoms with Crippen molar-refractivity contribution in [2.75, 3.05) is 25.0 Å². The molecule has 0 radical (unpaired) electrons. The first-order valence-corrected chi connectivity index (χ1v) is 9.03. The van der Waals surface area contributed by atoms with Crippen LogP contribution in [-0.4, -0.2) is 59.2 Å². The van der Waals surface area contributed by atoms with E-state index in [0.717, 1.165) is 4.88 Å². The molecule has 1 aromatic heterocycles. The SMILES string of the molecule is C=CCN1C(=O)C(=O)N(CC(=O)Nc2sc(CC)cc2C(=O)OCC)C1=O. The molecule has 144 valence electrons. The fourth-order valence-corrected chi connectivity index (χ4v) is 3.36. The van der Waals surface area contributed by atoms with Gasteiger partial charge in [-0.1, -0.05) is 13.0 Å². The van der Waals surface area contributed by atoms with Crippen LogP contribution in [0.5, 0.6) is 0 Å². The molecule has 0 aromatic carbocycles. The second-order valence-electron chi connectivity index (χ2n) is 5.46. The molecule has 2 heterocycles. The molecule has 9 nitrogen and oxygen atoms in total. The third-order valence-corrected chi connectivity index (χ3v) is 4.82. The minimum absolute atomic E-state index is 0.126. The van der Waals surface area contributed by atoms with Crippen LogP contribution in [0.25, 0.3) is 0 Å². The van der Waals surface area contributed by atoms with Gasteiger partial charge < -0.3 is 10.1 Å². The molecule has 10 heteroatoms. The van der Waals surface area contributed by atoms with Crippen LogP contribution in [0.4, 0.5) is 9.80 Å². The fraction of sp³-hybridized carbons (Fsp3) is 0.353. The number of urea groups is 1. The Kier molecular flexibility index (Phi) is 6.45. The summed E-state index contributed by atoms with van der Waals surface area (Å²) in [6.07, 6.45) is 1.96. The van der Waals surface area contributed by atoms with E-state index in [4.69, 9.17) is 4.74 Å². The van der Waals surface area contributed by atoms with Crippen molar-refractivity contribution in [1.29, 1.82) is 0 Å². The van der Waals surface area contributed by atoms with E-state index in [2.05, 4.69) is 11.9 Å². The lowest BCUT2D eigenvalue weighted by molar-refractivity contribution is -0.143. The summed E-state index contributed by atoms with van der Waals surface area (Å²) in [5, 5.41) is 2.78. The van der Waals surface area contributed by atoms with E-state index in [9.17, 15) is 24.0 Å². The minimum atomic E-state index is -1.08. The maximum atomic E-state index is 12.3. The molecule has 1 aliphatic heterocycles. The Morgan fingerprint density at radius 1 is 1.22 bits per heavy atom. The van der Waals surface area contributed by atoms with E-state index < -0.39 is 36.3 Å². The molecule has 0 saturated carbocycles. The molecule has 0 bridgehead atoms. The highest BCUT2D eigenvalue weighted by Crippen LogP contribution is 2.29. The van der Waals surface area contributed by atoms with Crippen molar-refractivity contribution in [3.8, 4) is 0 Å². The predicted octanol–water partition coefficient (Wildman–Crippen LogP) is 1.40. The third-order valence-electron chi connectivity index (χ3n) is 3.63. The van der Waals surface area contributed by atoms with Gasteiger partial charge in [0.25, 0.3) is 0 Å². The number of carbonyl (C=O) groups is 5. The number of aryl methyl sites for hydroxylation is 1. The average Bonchev–Trinajstić information content (AvgIpc) is 3.12. The number of anilines is 1. The van der Waals surface area contributed by atoms with E-state index >= 15 is 0 Å². The quantitative estimate of drug-likeness (QED) is 0.309. The monoisotopic (exact) mass is 393 g/mol. The van der Waals surface area contributed by atoms with Crippen LogP contribution in [-0.2, 0) is 25.5 Å². The summed E-state index contributed by atoms with van der Waals surface area (Å²) < 4.78 is 4.97. The number of hydrogen-bond donors (Lipinski definition) is 1. The van der Waals surface area contributed by atoms with E-state index in [1.54, 1.807) is 13.0 Å². The number of thiophene rings is 1. The van der Waals surface area contributed by atoms with Gasteiger partial charge in [0.05, 0.1) is 12.2 Å². The number of hydrogen-bond acceptors (Lipinski definition) is 7. The molecule has 1 saturated heterocycles.